The fourth-order valence-corrected chi connectivity index (χ4v) is 2.24. The highest BCUT2D eigenvalue weighted by Gasteiger charge is 2.38. The predicted octanol–water partition coefficient (Wildman–Crippen LogP) is 0.0644. The van der Waals surface area contributed by atoms with Crippen molar-refractivity contribution in [3.8, 4) is 5.75 Å². The number of oxime groups is 1. The molecule has 1 aliphatic rings. The number of hydrogen-bond acceptors (Lipinski definition) is 6. The largest absolute Gasteiger partial charge is 0.547 e. The monoisotopic (exact) mass is 306 g/mol. The van der Waals surface area contributed by atoms with Crippen LogP contribution in [0.3, 0.4) is 0 Å². The zero-order valence-corrected chi connectivity index (χ0v) is 11.8. The number of benzene rings is 1. The Kier molecular flexibility index (Phi) is 4.67. The molecule has 1 atom stereocenters. The van der Waals surface area contributed by atoms with Crippen molar-refractivity contribution in [3.63, 3.8) is 0 Å². The maximum Gasteiger partial charge on any atom is 0.547 e. The minimum Gasteiger partial charge on any atom is -0.534 e. The lowest BCUT2D eigenvalue weighted by atomic mass is 9.72. The van der Waals surface area contributed by atoms with Crippen LogP contribution in [0.4, 0.5) is 0 Å². The zero-order valence-electron chi connectivity index (χ0n) is 11.8. The van der Waals surface area contributed by atoms with Crippen LogP contribution in [0.2, 0.25) is 0 Å². The lowest BCUT2D eigenvalue weighted by Gasteiger charge is -2.28. The van der Waals surface area contributed by atoms with Gasteiger partial charge >= 0.3 is 13.1 Å². The molecule has 1 aromatic rings. The van der Waals surface area contributed by atoms with Gasteiger partial charge in [-0.05, 0) is 24.5 Å². The van der Waals surface area contributed by atoms with E-state index >= 15 is 0 Å². The molecule has 1 aromatic carbocycles. The number of rotatable bonds is 4. The summed E-state index contributed by atoms with van der Waals surface area (Å²) in [5.74, 6) is -2.45. The van der Waals surface area contributed by atoms with Crippen molar-refractivity contribution in [3.05, 3.63) is 29.3 Å². The third-order valence-electron chi connectivity index (χ3n) is 3.38. The number of hydrogen-bond donors (Lipinski definition) is 4. The molecule has 0 fully saturated rings. The van der Waals surface area contributed by atoms with Crippen molar-refractivity contribution >= 4 is 24.7 Å². The first-order valence-corrected chi connectivity index (χ1v) is 6.69. The molecule has 4 N–H and O–H groups in total. The van der Waals surface area contributed by atoms with E-state index in [9.17, 15) is 14.6 Å². The van der Waals surface area contributed by atoms with Gasteiger partial charge in [-0.15, -0.1) is 0 Å². The summed E-state index contributed by atoms with van der Waals surface area (Å²) in [5, 5.41) is 33.2. The maximum absolute atomic E-state index is 11.8. The molecule has 0 bridgehead atoms. The second kappa shape index (κ2) is 6.48. The number of carbonyl (C=O) groups excluding carboxylic acids is 1. The highest BCUT2D eigenvalue weighted by molar-refractivity contribution is 6.48. The Morgan fingerprint density at radius 3 is 2.82 bits per heavy atom. The fraction of sp³-hybridized carbons (Fsp3) is 0.308. The number of nitrogens with one attached hydrogen (secondary N) is 1. The van der Waals surface area contributed by atoms with Crippen LogP contribution in [-0.4, -0.2) is 46.0 Å². The first-order valence-electron chi connectivity index (χ1n) is 6.69. The summed E-state index contributed by atoms with van der Waals surface area (Å²) < 4.78 is 5.24. The van der Waals surface area contributed by atoms with Crippen molar-refractivity contribution in [2.24, 2.45) is 5.16 Å². The van der Waals surface area contributed by atoms with Crippen LogP contribution in [0.5, 0.6) is 5.75 Å². The first-order chi connectivity index (χ1) is 10.5. The fourth-order valence-electron chi connectivity index (χ4n) is 2.24. The van der Waals surface area contributed by atoms with E-state index in [4.69, 9.17) is 15.0 Å². The van der Waals surface area contributed by atoms with Gasteiger partial charge in [-0.3, -0.25) is 4.79 Å². The SMILES string of the molecule is CC/C(=N/O)C(=O)N[C@H]1Cc2cccc(C(=O)O)c2OB1O. The van der Waals surface area contributed by atoms with Crippen LogP contribution in [0, 0.1) is 0 Å². The highest BCUT2D eigenvalue weighted by atomic mass is 16.5. The van der Waals surface area contributed by atoms with E-state index in [0.717, 1.165) is 0 Å². The summed E-state index contributed by atoms with van der Waals surface area (Å²) in [6.07, 6.45) is 0.428. The average molecular weight is 306 g/mol. The Hall–Kier alpha value is -2.55. The van der Waals surface area contributed by atoms with Crippen LogP contribution in [-0.2, 0) is 11.2 Å². The topological polar surface area (TPSA) is 128 Å². The van der Waals surface area contributed by atoms with Crippen molar-refractivity contribution in [2.75, 3.05) is 0 Å². The lowest BCUT2D eigenvalue weighted by molar-refractivity contribution is -0.115. The molecule has 116 valence electrons. The Balaban J connectivity index is 2.21. The first kappa shape index (κ1) is 15.8. The van der Waals surface area contributed by atoms with Gasteiger partial charge in [0.1, 0.15) is 11.5 Å². The number of aromatic carboxylic acids is 1. The maximum atomic E-state index is 11.8. The van der Waals surface area contributed by atoms with Gasteiger partial charge in [-0.1, -0.05) is 24.2 Å². The van der Waals surface area contributed by atoms with Crippen molar-refractivity contribution in [2.45, 2.75) is 25.7 Å². The molecular formula is C13H15BN2O6. The number of carbonyl (C=O) groups is 2. The molecule has 22 heavy (non-hydrogen) atoms. The summed E-state index contributed by atoms with van der Waals surface area (Å²) in [5.41, 5.74) is 0.444. The molecule has 0 unspecified atom stereocenters. The van der Waals surface area contributed by atoms with Crippen LogP contribution in [0.15, 0.2) is 23.4 Å². The van der Waals surface area contributed by atoms with Gasteiger partial charge in [0.25, 0.3) is 5.91 Å². The van der Waals surface area contributed by atoms with Gasteiger partial charge < -0.3 is 25.3 Å². The molecule has 8 nitrogen and oxygen atoms in total. The average Bonchev–Trinajstić information content (AvgIpc) is 2.48. The van der Waals surface area contributed by atoms with Gasteiger partial charge in [0.15, 0.2) is 0 Å². The molecule has 2 rings (SSSR count). The molecule has 0 aliphatic carbocycles. The number of para-hydroxylation sites is 1. The summed E-state index contributed by atoms with van der Waals surface area (Å²) in [7, 11) is -1.39. The second-order valence-electron chi connectivity index (χ2n) is 4.79. The molecule has 9 heteroatoms. The van der Waals surface area contributed by atoms with E-state index in [0.29, 0.717) is 5.56 Å². The molecule has 0 saturated heterocycles. The lowest BCUT2D eigenvalue weighted by Crippen LogP contribution is -2.54. The normalized spacial score (nSPS) is 17.5. The summed E-state index contributed by atoms with van der Waals surface area (Å²) >= 11 is 0. The molecular weight excluding hydrogens is 291 g/mol. The Morgan fingerprint density at radius 1 is 1.50 bits per heavy atom. The minimum absolute atomic E-state index is 0.0486. The van der Waals surface area contributed by atoms with Crippen molar-refractivity contribution in [1.82, 2.24) is 5.32 Å². The standard InChI is InChI=1S/C13H15BN2O6/c1-2-9(16-21)12(17)15-10-6-7-4-3-5-8(13(18)19)11(7)22-14(10)20/h3-5,10,20-21H,2,6H2,1H3,(H,15,17)(H,18,19)/b16-9-/t10-/m0/s1. The number of amides is 1. The van der Waals surface area contributed by atoms with Gasteiger partial charge in [-0.25, -0.2) is 4.79 Å². The number of carboxylic acids is 1. The number of nitrogens with zero attached hydrogens (tertiary/aromatic N) is 1. The van der Waals surface area contributed by atoms with E-state index in [2.05, 4.69) is 10.5 Å². The van der Waals surface area contributed by atoms with Crippen LogP contribution < -0.4 is 9.97 Å². The molecule has 0 aromatic heterocycles. The van der Waals surface area contributed by atoms with Gasteiger partial charge in [0.2, 0.25) is 0 Å². The number of carboxylic acid groups (broad SMARTS) is 1. The Morgan fingerprint density at radius 2 is 2.23 bits per heavy atom. The van der Waals surface area contributed by atoms with Gasteiger partial charge in [-0.2, -0.15) is 0 Å². The van der Waals surface area contributed by atoms with E-state index in [1.807, 2.05) is 0 Å². The summed E-state index contributed by atoms with van der Waals surface area (Å²) in [6, 6.07) is 4.60. The Labute approximate surface area is 126 Å². The summed E-state index contributed by atoms with van der Waals surface area (Å²) in [6.45, 7) is 1.65. The van der Waals surface area contributed by atoms with Crippen molar-refractivity contribution < 1.29 is 29.6 Å². The number of fused-ring (bicyclic) bond motifs is 1. The second-order valence-corrected chi connectivity index (χ2v) is 4.79. The molecule has 0 radical (unpaired) electrons. The molecule has 0 spiro atoms. The van der Waals surface area contributed by atoms with E-state index in [-0.39, 0.29) is 29.9 Å². The van der Waals surface area contributed by atoms with E-state index < -0.39 is 24.9 Å². The third kappa shape index (κ3) is 3.04. The van der Waals surface area contributed by atoms with E-state index in [1.165, 1.54) is 6.07 Å². The van der Waals surface area contributed by atoms with Gasteiger partial charge in [0.05, 0.1) is 11.5 Å². The smallest absolute Gasteiger partial charge is 0.534 e. The molecule has 1 amide bonds. The van der Waals surface area contributed by atoms with Crippen molar-refractivity contribution in [1.29, 1.82) is 0 Å². The van der Waals surface area contributed by atoms with E-state index in [1.54, 1.807) is 19.1 Å². The zero-order chi connectivity index (χ0) is 16.3. The van der Waals surface area contributed by atoms with Crippen LogP contribution in [0.25, 0.3) is 0 Å². The van der Waals surface area contributed by atoms with Crippen LogP contribution >= 0.6 is 0 Å². The van der Waals surface area contributed by atoms with Gasteiger partial charge in [0, 0.05) is 0 Å². The minimum atomic E-state index is -1.39. The quantitative estimate of drug-likeness (QED) is 0.269. The Bertz CT molecular complexity index is 633. The van der Waals surface area contributed by atoms with Crippen LogP contribution in [0.1, 0.15) is 29.3 Å². The molecule has 1 aliphatic heterocycles. The predicted molar refractivity (Wildman–Crippen MR) is 77.1 cm³/mol. The highest BCUT2D eigenvalue weighted by Crippen LogP contribution is 2.30. The molecule has 1 heterocycles. The summed E-state index contributed by atoms with van der Waals surface area (Å²) in [4.78, 5) is 23.0. The third-order valence-corrected chi connectivity index (χ3v) is 3.38. The molecule has 0 saturated carbocycles.